The lowest BCUT2D eigenvalue weighted by molar-refractivity contribution is 0.0217. The molecule has 0 radical (unpaired) electrons. The van der Waals surface area contributed by atoms with E-state index in [4.69, 9.17) is 0 Å². The summed E-state index contributed by atoms with van der Waals surface area (Å²) in [5.74, 6) is 0.670. The van der Waals surface area contributed by atoms with Crippen LogP contribution in [0, 0.1) is 5.92 Å². The number of aromatic nitrogens is 2. The molecule has 2 aromatic rings. The highest BCUT2D eigenvalue weighted by Gasteiger charge is 2.40. The number of benzene rings is 1. The van der Waals surface area contributed by atoms with Crippen LogP contribution < -0.4 is 5.32 Å². The van der Waals surface area contributed by atoms with Crippen LogP contribution in [-0.4, -0.2) is 46.2 Å². The number of hydrogen-bond donors (Lipinski definition) is 2. The van der Waals surface area contributed by atoms with Gasteiger partial charge in [0.2, 0.25) is 0 Å². The Bertz CT molecular complexity index is 728. The molecule has 1 aromatic carbocycles. The van der Waals surface area contributed by atoms with Crippen LogP contribution in [0.3, 0.4) is 0 Å². The van der Waals surface area contributed by atoms with Crippen LogP contribution >= 0.6 is 0 Å². The summed E-state index contributed by atoms with van der Waals surface area (Å²) >= 11 is 0. The molecule has 1 aromatic heterocycles. The van der Waals surface area contributed by atoms with Crippen LogP contribution in [0.15, 0.2) is 18.2 Å². The Morgan fingerprint density at radius 1 is 1.39 bits per heavy atom. The van der Waals surface area contributed by atoms with Crippen molar-refractivity contribution < 1.29 is 4.79 Å². The maximum atomic E-state index is 12.7. The molecular weight excluding hydrogens is 288 g/mol. The van der Waals surface area contributed by atoms with Crippen molar-refractivity contribution in [3.63, 3.8) is 0 Å². The number of rotatable bonds is 3. The number of nitrogens with one attached hydrogen (secondary N) is 2. The largest absolute Gasteiger partial charge is 0.347 e. The average Bonchev–Trinajstić information content (AvgIpc) is 3.00. The van der Waals surface area contributed by atoms with Gasteiger partial charge in [-0.25, -0.2) is 0 Å². The van der Waals surface area contributed by atoms with Gasteiger partial charge in [0.25, 0.3) is 5.91 Å². The molecule has 1 amide bonds. The Kier molecular flexibility index (Phi) is 3.60. The van der Waals surface area contributed by atoms with E-state index >= 15 is 0 Å². The second kappa shape index (κ2) is 5.64. The minimum absolute atomic E-state index is 0.0424. The summed E-state index contributed by atoms with van der Waals surface area (Å²) in [5, 5.41) is 11.7. The highest BCUT2D eigenvalue weighted by molar-refractivity contribution is 5.98. The maximum absolute atomic E-state index is 12.7. The number of aromatic amines is 1. The van der Waals surface area contributed by atoms with Crippen molar-refractivity contribution in [1.82, 2.24) is 20.4 Å². The Labute approximate surface area is 136 Å². The van der Waals surface area contributed by atoms with Crippen molar-refractivity contribution >= 4 is 16.8 Å². The molecule has 3 saturated heterocycles. The first-order valence-corrected chi connectivity index (χ1v) is 8.69. The number of carbonyl (C=O) groups excluding carboxylic acids is 1. The molecule has 0 aliphatic carbocycles. The van der Waals surface area contributed by atoms with Crippen molar-refractivity contribution in [2.75, 3.05) is 13.1 Å². The first-order chi connectivity index (χ1) is 11.2. The minimum atomic E-state index is 0.0424. The number of amides is 1. The second-order valence-corrected chi connectivity index (χ2v) is 6.90. The molecule has 3 aliphatic heterocycles. The number of nitrogens with zero attached hydrogens (tertiary/aromatic N) is 2. The molecule has 122 valence electrons. The molecule has 5 nitrogen and oxygen atoms in total. The molecule has 2 N–H and O–H groups in total. The van der Waals surface area contributed by atoms with Crippen LogP contribution in [0.1, 0.15) is 42.7 Å². The SMILES string of the molecule is CCc1[nH]nc2ccc(C(=O)N[C@@H]3C4CCN(CC4)[C@H]3C)cc12. The Hall–Kier alpha value is -1.88. The van der Waals surface area contributed by atoms with Crippen LogP contribution in [-0.2, 0) is 6.42 Å². The highest BCUT2D eigenvalue weighted by atomic mass is 16.1. The standard InChI is InChI=1S/C18H24N4O/c1-3-15-14-10-13(4-5-16(14)21-20-15)18(23)19-17-11(2)22-8-6-12(17)7-9-22/h4-5,10-12,17H,3,6-9H2,1-2H3,(H,19,23)(H,20,21)/t11-,17-/m0/s1. The van der Waals surface area contributed by atoms with E-state index < -0.39 is 0 Å². The molecule has 3 aliphatic rings. The number of piperidine rings is 3. The fourth-order valence-corrected chi connectivity index (χ4v) is 4.25. The summed E-state index contributed by atoms with van der Waals surface area (Å²) in [5.41, 5.74) is 2.75. The fourth-order valence-electron chi connectivity index (χ4n) is 4.25. The molecule has 0 unspecified atom stereocenters. The van der Waals surface area contributed by atoms with Gasteiger partial charge in [0.1, 0.15) is 0 Å². The lowest BCUT2D eigenvalue weighted by Crippen LogP contribution is -2.62. The van der Waals surface area contributed by atoms with E-state index in [1.807, 2.05) is 18.2 Å². The van der Waals surface area contributed by atoms with Crippen LogP contribution in [0.25, 0.3) is 10.9 Å². The zero-order valence-electron chi connectivity index (χ0n) is 13.8. The molecule has 5 rings (SSSR count). The van der Waals surface area contributed by atoms with E-state index in [2.05, 4.69) is 34.3 Å². The molecule has 23 heavy (non-hydrogen) atoms. The van der Waals surface area contributed by atoms with Gasteiger partial charge >= 0.3 is 0 Å². The number of H-pyrrole nitrogens is 1. The Morgan fingerprint density at radius 2 is 2.17 bits per heavy atom. The van der Waals surface area contributed by atoms with Crippen molar-refractivity contribution in [2.45, 2.75) is 45.2 Å². The summed E-state index contributed by atoms with van der Waals surface area (Å²) in [7, 11) is 0. The Balaban J connectivity index is 1.57. The number of hydrogen-bond acceptors (Lipinski definition) is 3. The van der Waals surface area contributed by atoms with Gasteiger partial charge in [-0.3, -0.25) is 14.8 Å². The average molecular weight is 312 g/mol. The molecule has 0 saturated carbocycles. The van der Waals surface area contributed by atoms with E-state index in [0.29, 0.717) is 12.0 Å². The quantitative estimate of drug-likeness (QED) is 0.914. The molecule has 2 bridgehead atoms. The van der Waals surface area contributed by atoms with E-state index in [0.717, 1.165) is 28.6 Å². The van der Waals surface area contributed by atoms with Crippen molar-refractivity contribution in [3.05, 3.63) is 29.5 Å². The molecule has 0 spiro atoms. The normalized spacial score (nSPS) is 29.8. The lowest BCUT2D eigenvalue weighted by atomic mass is 9.79. The van der Waals surface area contributed by atoms with Gasteiger partial charge in [-0.15, -0.1) is 0 Å². The van der Waals surface area contributed by atoms with Crippen LogP contribution in [0.5, 0.6) is 0 Å². The summed E-state index contributed by atoms with van der Waals surface area (Å²) < 4.78 is 0. The van der Waals surface area contributed by atoms with Crippen LogP contribution in [0.4, 0.5) is 0 Å². The van der Waals surface area contributed by atoms with E-state index in [9.17, 15) is 4.79 Å². The fraction of sp³-hybridized carbons (Fsp3) is 0.556. The van der Waals surface area contributed by atoms with Gasteiger partial charge in [-0.1, -0.05) is 6.92 Å². The summed E-state index contributed by atoms with van der Waals surface area (Å²) in [4.78, 5) is 15.2. The number of carbonyl (C=O) groups is 1. The van der Waals surface area contributed by atoms with Gasteiger partial charge < -0.3 is 5.32 Å². The van der Waals surface area contributed by atoms with Gasteiger partial charge in [0, 0.05) is 28.7 Å². The van der Waals surface area contributed by atoms with Gasteiger partial charge in [-0.05, 0) is 63.4 Å². The topological polar surface area (TPSA) is 61.0 Å². The van der Waals surface area contributed by atoms with Crippen LogP contribution in [0.2, 0.25) is 0 Å². The van der Waals surface area contributed by atoms with Gasteiger partial charge in [0.05, 0.1) is 5.52 Å². The van der Waals surface area contributed by atoms with Gasteiger partial charge in [0.15, 0.2) is 0 Å². The monoisotopic (exact) mass is 312 g/mol. The highest BCUT2D eigenvalue weighted by Crippen LogP contribution is 2.32. The maximum Gasteiger partial charge on any atom is 0.251 e. The molecule has 3 fully saturated rings. The molecule has 5 heteroatoms. The first kappa shape index (κ1) is 14.7. The number of fused-ring (bicyclic) bond motifs is 4. The Morgan fingerprint density at radius 3 is 2.87 bits per heavy atom. The molecule has 4 heterocycles. The first-order valence-electron chi connectivity index (χ1n) is 8.69. The zero-order valence-corrected chi connectivity index (χ0v) is 13.8. The van der Waals surface area contributed by atoms with E-state index in [1.54, 1.807) is 0 Å². The van der Waals surface area contributed by atoms with Gasteiger partial charge in [-0.2, -0.15) is 5.10 Å². The molecular formula is C18H24N4O. The van der Waals surface area contributed by atoms with E-state index in [-0.39, 0.29) is 11.9 Å². The second-order valence-electron chi connectivity index (χ2n) is 6.90. The van der Waals surface area contributed by atoms with Crippen molar-refractivity contribution in [3.8, 4) is 0 Å². The molecule has 2 atom stereocenters. The van der Waals surface area contributed by atoms with Crippen molar-refractivity contribution in [1.29, 1.82) is 0 Å². The number of aryl methyl sites for hydroxylation is 1. The summed E-state index contributed by atoms with van der Waals surface area (Å²) in [6, 6.07) is 6.49. The smallest absolute Gasteiger partial charge is 0.251 e. The zero-order chi connectivity index (χ0) is 16.0. The third kappa shape index (κ3) is 2.43. The predicted octanol–water partition coefficient (Wildman–Crippen LogP) is 2.34. The third-order valence-electron chi connectivity index (χ3n) is 5.72. The summed E-state index contributed by atoms with van der Waals surface area (Å²) in [6.45, 7) is 6.69. The summed E-state index contributed by atoms with van der Waals surface area (Å²) in [6.07, 6.45) is 3.30. The minimum Gasteiger partial charge on any atom is -0.347 e. The van der Waals surface area contributed by atoms with Crippen molar-refractivity contribution in [2.24, 2.45) is 5.92 Å². The lowest BCUT2D eigenvalue weighted by Gasteiger charge is -2.49. The van der Waals surface area contributed by atoms with E-state index in [1.165, 1.54) is 25.9 Å². The third-order valence-corrected chi connectivity index (χ3v) is 5.72. The predicted molar refractivity (Wildman–Crippen MR) is 90.5 cm³/mol.